The van der Waals surface area contributed by atoms with E-state index in [9.17, 15) is 9.50 Å². The van der Waals surface area contributed by atoms with Gasteiger partial charge in [0.2, 0.25) is 5.88 Å². The first-order chi connectivity index (χ1) is 14.8. The molecule has 2 aromatic carbocycles. The summed E-state index contributed by atoms with van der Waals surface area (Å²) in [5.74, 6) is 0.590. The van der Waals surface area contributed by atoms with Crippen molar-refractivity contribution in [2.45, 2.75) is 32.4 Å². The van der Waals surface area contributed by atoms with Crippen molar-refractivity contribution in [2.75, 3.05) is 13.1 Å². The maximum atomic E-state index is 13.7. The minimum Gasteiger partial charge on any atom is -0.439 e. The fourth-order valence-corrected chi connectivity index (χ4v) is 3.56. The Balaban J connectivity index is 2.04. The molecule has 3 rings (SSSR count). The van der Waals surface area contributed by atoms with E-state index in [1.165, 1.54) is 12.1 Å². The predicted molar refractivity (Wildman–Crippen MR) is 122 cm³/mol. The Bertz CT molecular complexity index is 1010. The summed E-state index contributed by atoms with van der Waals surface area (Å²) in [6.07, 6.45) is 2.48. The summed E-state index contributed by atoms with van der Waals surface area (Å²) in [6, 6.07) is 16.0. The van der Waals surface area contributed by atoms with Crippen molar-refractivity contribution < 1.29 is 14.2 Å². The van der Waals surface area contributed by atoms with Gasteiger partial charge in [-0.05, 0) is 32.0 Å². The molecule has 1 aromatic heterocycles. The molecule has 0 bridgehead atoms. The summed E-state index contributed by atoms with van der Waals surface area (Å²) in [5.41, 5.74) is 1.63. The van der Waals surface area contributed by atoms with Gasteiger partial charge < -0.3 is 9.84 Å². The second kappa shape index (κ2) is 9.90. The summed E-state index contributed by atoms with van der Waals surface area (Å²) in [4.78, 5) is 2.16. The number of halogens is 1. The number of nitrogens with zero attached hydrogens (tertiary/aromatic N) is 3. The van der Waals surface area contributed by atoms with Gasteiger partial charge in [0, 0.05) is 31.8 Å². The first-order valence-corrected chi connectivity index (χ1v) is 10.5. The van der Waals surface area contributed by atoms with Crippen molar-refractivity contribution in [3.63, 3.8) is 0 Å². The van der Waals surface area contributed by atoms with Crippen molar-refractivity contribution in [3.05, 3.63) is 78.6 Å². The zero-order chi connectivity index (χ0) is 22.4. The third-order valence-electron chi connectivity index (χ3n) is 5.05. The lowest BCUT2D eigenvalue weighted by Crippen LogP contribution is -2.39. The second-order valence-electron chi connectivity index (χ2n) is 7.95. The molecule has 0 amide bonds. The number of aryl methyl sites for hydroxylation is 1. The first-order valence-electron chi connectivity index (χ1n) is 10.5. The first kappa shape index (κ1) is 22.7. The number of rotatable bonds is 10. The number of aromatic nitrogens is 2. The van der Waals surface area contributed by atoms with Crippen LogP contribution in [-0.2, 0) is 13.6 Å². The maximum absolute atomic E-state index is 13.7. The van der Waals surface area contributed by atoms with Crippen LogP contribution in [0.1, 0.15) is 25.8 Å². The molecular formula is C25H30FN3O2. The largest absolute Gasteiger partial charge is 0.439 e. The molecule has 1 N–H and O–H groups in total. The van der Waals surface area contributed by atoms with Crippen LogP contribution in [0.25, 0.3) is 11.3 Å². The lowest BCUT2D eigenvalue weighted by Gasteiger charge is -2.29. The highest BCUT2D eigenvalue weighted by atomic mass is 19.1. The molecule has 1 atom stereocenters. The Morgan fingerprint density at radius 3 is 2.61 bits per heavy atom. The van der Waals surface area contributed by atoms with Crippen molar-refractivity contribution in [3.8, 4) is 22.9 Å². The van der Waals surface area contributed by atoms with Crippen LogP contribution >= 0.6 is 0 Å². The normalized spacial score (nSPS) is 13.2. The summed E-state index contributed by atoms with van der Waals surface area (Å²) >= 11 is 0. The van der Waals surface area contributed by atoms with Crippen LogP contribution < -0.4 is 4.74 Å². The van der Waals surface area contributed by atoms with Crippen LogP contribution in [0.15, 0.2) is 67.3 Å². The number of aliphatic hydroxyl groups is 1. The third kappa shape index (κ3) is 5.81. The van der Waals surface area contributed by atoms with Crippen LogP contribution in [-0.4, -0.2) is 38.5 Å². The van der Waals surface area contributed by atoms with Crippen LogP contribution in [0.3, 0.4) is 0 Å². The second-order valence-corrected chi connectivity index (χ2v) is 7.95. The molecular weight excluding hydrogens is 393 g/mol. The molecule has 31 heavy (non-hydrogen) atoms. The predicted octanol–water partition coefficient (Wildman–Crippen LogP) is 5.17. The van der Waals surface area contributed by atoms with Gasteiger partial charge >= 0.3 is 0 Å². The van der Waals surface area contributed by atoms with Crippen molar-refractivity contribution in [2.24, 2.45) is 7.05 Å². The van der Waals surface area contributed by atoms with Gasteiger partial charge in [-0.3, -0.25) is 4.90 Å². The molecule has 5 nitrogen and oxygen atoms in total. The standard InChI is InChI=1S/C25H30FN3O2/c1-5-15-29(18-25(3,30)6-2)17-22-23(19-11-8-7-9-12-19)27-28(4)24(22)31-21-14-10-13-20(26)16-21/h6-14,16,30H,2,5,15,17-18H2,1,3-4H3. The van der Waals surface area contributed by atoms with Crippen molar-refractivity contribution >= 4 is 0 Å². The minimum absolute atomic E-state index is 0.362. The quantitative estimate of drug-likeness (QED) is 0.457. The lowest BCUT2D eigenvalue weighted by atomic mass is 10.0. The van der Waals surface area contributed by atoms with Gasteiger partial charge in [0.15, 0.2) is 0 Å². The zero-order valence-corrected chi connectivity index (χ0v) is 18.4. The van der Waals surface area contributed by atoms with E-state index in [4.69, 9.17) is 9.84 Å². The SMILES string of the molecule is C=CC(C)(O)CN(CCC)Cc1c(-c2ccccc2)nn(C)c1Oc1cccc(F)c1. The molecule has 0 saturated carbocycles. The van der Waals surface area contributed by atoms with Crippen molar-refractivity contribution in [1.29, 1.82) is 0 Å². The Kier molecular flexibility index (Phi) is 7.25. The van der Waals surface area contributed by atoms with Gasteiger partial charge in [0.25, 0.3) is 0 Å². The monoisotopic (exact) mass is 423 g/mol. The zero-order valence-electron chi connectivity index (χ0n) is 18.4. The fourth-order valence-electron chi connectivity index (χ4n) is 3.56. The van der Waals surface area contributed by atoms with Gasteiger partial charge in [-0.25, -0.2) is 9.07 Å². The van der Waals surface area contributed by atoms with Crippen LogP contribution in [0.4, 0.5) is 4.39 Å². The number of benzene rings is 2. The molecule has 1 heterocycles. The number of hydrogen-bond acceptors (Lipinski definition) is 4. The summed E-state index contributed by atoms with van der Waals surface area (Å²) in [5, 5.41) is 15.3. The highest BCUT2D eigenvalue weighted by Crippen LogP contribution is 2.34. The van der Waals surface area contributed by atoms with Crippen LogP contribution in [0.2, 0.25) is 0 Å². The minimum atomic E-state index is -1.02. The summed E-state index contributed by atoms with van der Waals surface area (Å²) in [6.45, 7) is 9.31. The Hall–Kier alpha value is -2.96. The van der Waals surface area contributed by atoms with Gasteiger partial charge in [-0.1, -0.05) is 49.4 Å². The molecule has 1 unspecified atom stereocenters. The fraction of sp³-hybridized carbons (Fsp3) is 0.320. The average Bonchev–Trinajstić information content (AvgIpc) is 3.04. The number of ether oxygens (including phenoxy) is 1. The highest BCUT2D eigenvalue weighted by molar-refractivity contribution is 5.65. The molecule has 0 fully saturated rings. The topological polar surface area (TPSA) is 50.5 Å². The van der Waals surface area contributed by atoms with E-state index in [-0.39, 0.29) is 5.82 Å². The summed E-state index contributed by atoms with van der Waals surface area (Å²) < 4.78 is 21.5. The van der Waals surface area contributed by atoms with E-state index in [0.717, 1.165) is 29.8 Å². The van der Waals surface area contributed by atoms with E-state index in [1.54, 1.807) is 29.8 Å². The van der Waals surface area contributed by atoms with Gasteiger partial charge in [-0.2, -0.15) is 5.10 Å². The Morgan fingerprint density at radius 2 is 1.97 bits per heavy atom. The van der Waals surface area contributed by atoms with Crippen LogP contribution in [0, 0.1) is 5.82 Å². The van der Waals surface area contributed by atoms with Crippen molar-refractivity contribution in [1.82, 2.24) is 14.7 Å². The molecule has 6 heteroatoms. The molecule has 164 valence electrons. The van der Waals surface area contributed by atoms with E-state index >= 15 is 0 Å². The molecule has 0 aliphatic rings. The highest BCUT2D eigenvalue weighted by Gasteiger charge is 2.25. The van der Waals surface area contributed by atoms with Crippen LogP contribution in [0.5, 0.6) is 11.6 Å². The maximum Gasteiger partial charge on any atom is 0.222 e. The van der Waals surface area contributed by atoms with E-state index in [0.29, 0.717) is 24.7 Å². The smallest absolute Gasteiger partial charge is 0.222 e. The van der Waals surface area contributed by atoms with Gasteiger partial charge in [0.1, 0.15) is 17.3 Å². The number of hydrogen-bond donors (Lipinski definition) is 1. The van der Waals surface area contributed by atoms with Gasteiger partial charge in [0.05, 0.1) is 11.2 Å². The third-order valence-corrected chi connectivity index (χ3v) is 5.05. The molecule has 0 aliphatic heterocycles. The van der Waals surface area contributed by atoms with E-state index in [2.05, 4.69) is 18.4 Å². The van der Waals surface area contributed by atoms with E-state index < -0.39 is 5.60 Å². The molecule has 0 radical (unpaired) electrons. The van der Waals surface area contributed by atoms with Gasteiger partial charge in [-0.15, -0.1) is 6.58 Å². The molecule has 3 aromatic rings. The van der Waals surface area contributed by atoms with E-state index in [1.807, 2.05) is 37.4 Å². The molecule has 0 saturated heterocycles. The molecule has 0 aliphatic carbocycles. The Morgan fingerprint density at radius 1 is 1.23 bits per heavy atom. The average molecular weight is 424 g/mol. The lowest BCUT2D eigenvalue weighted by molar-refractivity contribution is 0.0585. The molecule has 0 spiro atoms. The Labute approximate surface area is 183 Å². The summed E-state index contributed by atoms with van der Waals surface area (Å²) in [7, 11) is 1.81.